The number of aliphatic hydroxyl groups is 2. The molecule has 0 bridgehead atoms. The number of nitrogens with zero attached hydrogens (tertiary/aromatic N) is 3. The number of amides is 1. The van der Waals surface area contributed by atoms with E-state index >= 15 is 0 Å². The lowest BCUT2D eigenvalue weighted by atomic mass is 10.1. The van der Waals surface area contributed by atoms with Gasteiger partial charge in [-0.2, -0.15) is 0 Å². The molecule has 1 fully saturated rings. The molecule has 1 amide bonds. The molecule has 0 aliphatic carbocycles. The minimum Gasteiger partial charge on any atom is -0.457 e. The lowest BCUT2D eigenvalue weighted by Crippen LogP contribution is -2.50. The van der Waals surface area contributed by atoms with Gasteiger partial charge in [-0.3, -0.25) is 0 Å². The molecule has 1 saturated heterocycles. The monoisotopic (exact) mass is 483 g/mol. The van der Waals surface area contributed by atoms with Crippen LogP contribution >= 0.6 is 11.3 Å². The molecule has 4 rings (SSSR count). The van der Waals surface area contributed by atoms with Gasteiger partial charge in [-0.15, -0.1) is 0 Å². The summed E-state index contributed by atoms with van der Waals surface area (Å²) in [4.78, 5) is 21.2. The number of carbonyl (C=O) groups excluding carboxylic acids is 1. The van der Waals surface area contributed by atoms with Gasteiger partial charge >= 0.3 is 6.09 Å². The Balaban J connectivity index is 1.47. The van der Waals surface area contributed by atoms with Crippen LogP contribution in [0.5, 0.6) is 11.5 Å². The van der Waals surface area contributed by atoms with Crippen LogP contribution in [0, 0.1) is 0 Å². The molecule has 0 saturated carbocycles. The van der Waals surface area contributed by atoms with E-state index in [1.165, 1.54) is 11.3 Å². The number of hydrogen-bond donors (Lipinski definition) is 2. The normalized spacial score (nSPS) is 14.4. The highest BCUT2D eigenvalue weighted by Gasteiger charge is 2.28. The first-order chi connectivity index (χ1) is 16.2. The van der Waals surface area contributed by atoms with Gasteiger partial charge in [-0.25, -0.2) is 9.78 Å². The molecule has 1 aliphatic rings. The van der Waals surface area contributed by atoms with Crippen LogP contribution in [0.1, 0.15) is 31.9 Å². The van der Waals surface area contributed by atoms with E-state index in [4.69, 9.17) is 14.5 Å². The van der Waals surface area contributed by atoms with E-state index in [1.54, 1.807) is 4.90 Å². The zero-order chi connectivity index (χ0) is 24.3. The molecule has 0 unspecified atom stereocenters. The minimum absolute atomic E-state index is 0.323. The summed E-state index contributed by atoms with van der Waals surface area (Å²) >= 11 is 1.24. The third-order valence-corrected chi connectivity index (χ3v) is 6.34. The van der Waals surface area contributed by atoms with Gasteiger partial charge in [0.1, 0.15) is 17.1 Å². The van der Waals surface area contributed by atoms with Crippen LogP contribution in [0.4, 0.5) is 9.93 Å². The van der Waals surface area contributed by atoms with E-state index in [2.05, 4.69) is 0 Å². The summed E-state index contributed by atoms with van der Waals surface area (Å²) in [5.41, 5.74) is 0.751. The average molecular weight is 484 g/mol. The zero-order valence-electron chi connectivity index (χ0n) is 19.5. The van der Waals surface area contributed by atoms with Crippen LogP contribution in [0.15, 0.2) is 54.6 Å². The predicted molar refractivity (Wildman–Crippen MR) is 131 cm³/mol. The molecule has 0 radical (unpaired) electrons. The first kappa shape index (κ1) is 24.0. The number of carbonyl (C=O) groups is 1. The number of benzene rings is 2. The number of para-hydroxylation sites is 1. The molecule has 0 atom stereocenters. The molecular weight excluding hydrogens is 454 g/mol. The van der Waals surface area contributed by atoms with E-state index in [1.807, 2.05) is 80.3 Å². The molecule has 0 spiro atoms. The third kappa shape index (κ3) is 5.85. The van der Waals surface area contributed by atoms with Gasteiger partial charge in [0, 0.05) is 31.7 Å². The van der Waals surface area contributed by atoms with Crippen LogP contribution in [0.3, 0.4) is 0 Å². The largest absolute Gasteiger partial charge is 0.457 e. The first-order valence-corrected chi connectivity index (χ1v) is 11.9. The van der Waals surface area contributed by atoms with E-state index in [-0.39, 0.29) is 6.09 Å². The number of thiazole rings is 1. The summed E-state index contributed by atoms with van der Waals surface area (Å²) in [5.74, 6) is 1.41. The summed E-state index contributed by atoms with van der Waals surface area (Å²) in [6, 6.07) is 16.9. The number of aromatic nitrogens is 1. The van der Waals surface area contributed by atoms with E-state index in [0.29, 0.717) is 47.6 Å². The van der Waals surface area contributed by atoms with Crippen molar-refractivity contribution in [3.8, 4) is 22.8 Å². The van der Waals surface area contributed by atoms with Gasteiger partial charge < -0.3 is 29.5 Å². The molecule has 3 aromatic rings. The number of piperazine rings is 1. The molecule has 2 N–H and O–H groups in total. The topological polar surface area (TPSA) is 95.4 Å². The van der Waals surface area contributed by atoms with Gasteiger partial charge in [0.15, 0.2) is 11.4 Å². The second-order valence-corrected chi connectivity index (χ2v) is 9.99. The van der Waals surface area contributed by atoms with Crippen molar-refractivity contribution in [2.24, 2.45) is 0 Å². The van der Waals surface area contributed by atoms with Gasteiger partial charge in [0.25, 0.3) is 0 Å². The lowest BCUT2D eigenvalue weighted by molar-refractivity contribution is -0.0392. The van der Waals surface area contributed by atoms with Gasteiger partial charge in [-0.05, 0) is 57.2 Å². The number of aliphatic hydroxyl groups excluding tert-OH is 1. The van der Waals surface area contributed by atoms with Gasteiger partial charge in [-0.1, -0.05) is 29.5 Å². The number of hydrogen-bond acceptors (Lipinski definition) is 8. The van der Waals surface area contributed by atoms with Crippen molar-refractivity contribution >= 4 is 22.6 Å². The highest BCUT2D eigenvalue weighted by molar-refractivity contribution is 7.16. The van der Waals surface area contributed by atoms with Gasteiger partial charge in [0.2, 0.25) is 0 Å². The van der Waals surface area contributed by atoms with Crippen molar-refractivity contribution in [3.63, 3.8) is 0 Å². The average Bonchev–Trinajstić information content (AvgIpc) is 3.25. The molecule has 1 aromatic heterocycles. The molecule has 34 heavy (non-hydrogen) atoms. The number of rotatable bonds is 5. The molecule has 2 heterocycles. The maximum Gasteiger partial charge on any atom is 0.410 e. The second-order valence-electron chi connectivity index (χ2n) is 8.98. The number of anilines is 1. The summed E-state index contributed by atoms with van der Waals surface area (Å²) in [5, 5.41) is 20.6. The first-order valence-electron chi connectivity index (χ1n) is 11.1. The Morgan fingerprint density at radius 3 is 2.18 bits per heavy atom. The Kier molecular flexibility index (Phi) is 7.06. The summed E-state index contributed by atoms with van der Waals surface area (Å²) in [6.45, 7) is 7.72. The Bertz CT molecular complexity index is 1100. The molecule has 180 valence electrons. The molecule has 8 nitrogen and oxygen atoms in total. The Morgan fingerprint density at radius 1 is 0.971 bits per heavy atom. The smallest absolute Gasteiger partial charge is 0.410 e. The second kappa shape index (κ2) is 10.0. The van der Waals surface area contributed by atoms with Crippen molar-refractivity contribution in [1.82, 2.24) is 9.88 Å². The fourth-order valence-electron chi connectivity index (χ4n) is 3.55. The Hall–Kier alpha value is -3.14. The van der Waals surface area contributed by atoms with Crippen molar-refractivity contribution in [1.29, 1.82) is 0 Å². The highest BCUT2D eigenvalue weighted by atomic mass is 32.1. The van der Waals surface area contributed by atoms with Crippen LogP contribution < -0.4 is 9.64 Å². The SMILES string of the molecule is CC(C)(C)OC(=O)N1CCN(c2nc(-c3ccc(Oc4ccccc4)cc3)c(C(O)O)s2)CC1. The van der Waals surface area contributed by atoms with Crippen LogP contribution in [0.2, 0.25) is 0 Å². The summed E-state index contributed by atoms with van der Waals surface area (Å²) < 4.78 is 11.3. The molecule has 2 aromatic carbocycles. The van der Waals surface area contributed by atoms with Crippen LogP contribution in [0.25, 0.3) is 11.3 Å². The third-order valence-electron chi connectivity index (χ3n) is 5.19. The molecular formula is C25H29N3O5S. The van der Waals surface area contributed by atoms with Crippen molar-refractivity contribution in [2.45, 2.75) is 32.7 Å². The van der Waals surface area contributed by atoms with Gasteiger partial charge in [0.05, 0.1) is 10.6 Å². The lowest BCUT2D eigenvalue weighted by Gasteiger charge is -2.35. The molecule has 1 aliphatic heterocycles. The van der Waals surface area contributed by atoms with Crippen molar-refractivity contribution in [3.05, 3.63) is 59.5 Å². The Morgan fingerprint density at radius 2 is 1.59 bits per heavy atom. The maximum atomic E-state index is 12.3. The standard InChI is InChI=1S/C25H29N3O5S/c1-25(2,3)33-24(31)28-15-13-27(14-16-28)23-26-20(21(34-23)22(29)30)17-9-11-19(12-10-17)32-18-7-5-4-6-8-18/h4-12,22,29-30H,13-16H2,1-3H3. The predicted octanol–water partition coefficient (Wildman–Crippen LogP) is 4.64. The fraction of sp³-hybridized carbons (Fsp3) is 0.360. The van der Waals surface area contributed by atoms with Crippen molar-refractivity contribution in [2.75, 3.05) is 31.1 Å². The fourth-order valence-corrected chi connectivity index (χ4v) is 4.56. The quantitative estimate of drug-likeness (QED) is 0.510. The molecule has 9 heteroatoms. The summed E-state index contributed by atoms with van der Waals surface area (Å²) in [6.07, 6.45) is -1.96. The van der Waals surface area contributed by atoms with E-state index in [9.17, 15) is 15.0 Å². The van der Waals surface area contributed by atoms with Crippen molar-refractivity contribution < 1.29 is 24.5 Å². The van der Waals surface area contributed by atoms with E-state index in [0.717, 1.165) is 11.3 Å². The number of ether oxygens (including phenoxy) is 2. The Labute approximate surface area is 203 Å². The van der Waals surface area contributed by atoms with Crippen LogP contribution in [-0.4, -0.2) is 58.0 Å². The highest BCUT2D eigenvalue weighted by Crippen LogP contribution is 2.37. The zero-order valence-corrected chi connectivity index (χ0v) is 20.3. The minimum atomic E-state index is -1.63. The maximum absolute atomic E-state index is 12.3. The summed E-state index contributed by atoms with van der Waals surface area (Å²) in [7, 11) is 0. The van der Waals surface area contributed by atoms with E-state index < -0.39 is 11.9 Å². The van der Waals surface area contributed by atoms with Crippen LogP contribution in [-0.2, 0) is 4.74 Å².